The molecule has 0 aliphatic rings. The maximum atomic E-state index is 11.6. The molecule has 0 spiro atoms. The average molecular weight is 293 g/mol. The number of nitrogens with two attached hydrogens (primary N) is 1. The van der Waals surface area contributed by atoms with E-state index in [0.717, 1.165) is 6.42 Å². The van der Waals surface area contributed by atoms with Crippen molar-refractivity contribution in [2.45, 2.75) is 32.7 Å². The van der Waals surface area contributed by atoms with Crippen molar-refractivity contribution >= 4 is 17.5 Å². The highest BCUT2D eigenvalue weighted by Gasteiger charge is 2.07. The van der Waals surface area contributed by atoms with Crippen LogP contribution < -0.4 is 21.1 Å². The van der Waals surface area contributed by atoms with Crippen molar-refractivity contribution in [1.29, 1.82) is 0 Å². The highest BCUT2D eigenvalue weighted by molar-refractivity contribution is 5.79. The zero-order valence-electron chi connectivity index (χ0n) is 12.5. The van der Waals surface area contributed by atoms with Gasteiger partial charge < -0.3 is 21.1 Å². The van der Waals surface area contributed by atoms with Crippen LogP contribution in [0.5, 0.6) is 5.75 Å². The molecule has 0 aliphatic heterocycles. The number of hydrogen-bond acceptors (Lipinski definition) is 4. The second-order valence-corrected chi connectivity index (χ2v) is 4.84. The van der Waals surface area contributed by atoms with Crippen LogP contribution in [-0.4, -0.2) is 31.0 Å². The molecule has 6 heteroatoms. The summed E-state index contributed by atoms with van der Waals surface area (Å²) in [5.41, 5.74) is 6.18. The number of nitrogen functional groups attached to an aromatic ring is 1. The maximum Gasteiger partial charge on any atom is 0.257 e. The van der Waals surface area contributed by atoms with Gasteiger partial charge in [-0.2, -0.15) is 0 Å². The third-order valence-electron chi connectivity index (χ3n) is 2.92. The van der Waals surface area contributed by atoms with Gasteiger partial charge in [-0.1, -0.05) is 13.0 Å². The molecule has 0 aliphatic carbocycles. The topological polar surface area (TPSA) is 93.5 Å². The van der Waals surface area contributed by atoms with Gasteiger partial charge in [-0.3, -0.25) is 9.59 Å². The van der Waals surface area contributed by atoms with Crippen LogP contribution in [0.2, 0.25) is 0 Å². The SMILES string of the molecule is CCC(C)NC(=O)CCNC(=O)COc1cccc(N)c1. The highest BCUT2D eigenvalue weighted by atomic mass is 16.5. The first kappa shape index (κ1) is 16.8. The molecule has 4 N–H and O–H groups in total. The highest BCUT2D eigenvalue weighted by Crippen LogP contribution is 2.13. The molecule has 0 saturated heterocycles. The molecular formula is C15H23N3O3. The molecule has 1 atom stereocenters. The van der Waals surface area contributed by atoms with Crippen LogP contribution in [0.25, 0.3) is 0 Å². The average Bonchev–Trinajstić information content (AvgIpc) is 2.45. The van der Waals surface area contributed by atoms with Gasteiger partial charge in [0.25, 0.3) is 5.91 Å². The van der Waals surface area contributed by atoms with Crippen molar-refractivity contribution in [2.75, 3.05) is 18.9 Å². The fraction of sp³-hybridized carbons (Fsp3) is 0.467. The lowest BCUT2D eigenvalue weighted by Crippen LogP contribution is -2.36. The van der Waals surface area contributed by atoms with E-state index in [1.807, 2.05) is 13.8 Å². The predicted octanol–water partition coefficient (Wildman–Crippen LogP) is 1.07. The smallest absolute Gasteiger partial charge is 0.257 e. The second-order valence-electron chi connectivity index (χ2n) is 4.84. The largest absolute Gasteiger partial charge is 0.484 e. The Morgan fingerprint density at radius 1 is 1.33 bits per heavy atom. The minimum absolute atomic E-state index is 0.0681. The second kappa shape index (κ2) is 8.84. The van der Waals surface area contributed by atoms with Gasteiger partial charge in [-0.05, 0) is 25.5 Å². The normalized spacial score (nSPS) is 11.5. The molecule has 0 saturated carbocycles. The van der Waals surface area contributed by atoms with E-state index >= 15 is 0 Å². The zero-order chi connectivity index (χ0) is 15.7. The summed E-state index contributed by atoms with van der Waals surface area (Å²) in [6.45, 7) is 4.13. The Balaban J connectivity index is 2.18. The van der Waals surface area contributed by atoms with E-state index in [-0.39, 0.29) is 30.9 Å². The van der Waals surface area contributed by atoms with Crippen LogP contribution in [0.3, 0.4) is 0 Å². The van der Waals surface area contributed by atoms with E-state index in [0.29, 0.717) is 18.0 Å². The first-order chi connectivity index (χ1) is 10.0. The summed E-state index contributed by atoms with van der Waals surface area (Å²) in [4.78, 5) is 23.1. The molecule has 1 aromatic rings. The van der Waals surface area contributed by atoms with Gasteiger partial charge in [0, 0.05) is 30.8 Å². The third-order valence-corrected chi connectivity index (χ3v) is 2.92. The van der Waals surface area contributed by atoms with Gasteiger partial charge in [0.15, 0.2) is 6.61 Å². The first-order valence-electron chi connectivity index (χ1n) is 7.05. The van der Waals surface area contributed by atoms with Gasteiger partial charge in [0.1, 0.15) is 5.75 Å². The molecule has 21 heavy (non-hydrogen) atoms. The number of carbonyl (C=O) groups excluding carboxylic acids is 2. The van der Waals surface area contributed by atoms with Gasteiger partial charge >= 0.3 is 0 Å². The lowest BCUT2D eigenvalue weighted by molar-refractivity contribution is -0.123. The first-order valence-corrected chi connectivity index (χ1v) is 7.05. The van der Waals surface area contributed by atoms with Gasteiger partial charge in [0.05, 0.1) is 0 Å². The number of ether oxygens (including phenoxy) is 1. The quantitative estimate of drug-likeness (QED) is 0.625. The van der Waals surface area contributed by atoms with E-state index in [4.69, 9.17) is 10.5 Å². The van der Waals surface area contributed by atoms with Crippen molar-refractivity contribution in [1.82, 2.24) is 10.6 Å². The summed E-state index contributed by atoms with van der Waals surface area (Å²) >= 11 is 0. The molecule has 0 fully saturated rings. The Morgan fingerprint density at radius 3 is 2.76 bits per heavy atom. The molecule has 2 amide bonds. The van der Waals surface area contributed by atoms with E-state index in [9.17, 15) is 9.59 Å². The van der Waals surface area contributed by atoms with Crippen LogP contribution in [-0.2, 0) is 9.59 Å². The van der Waals surface area contributed by atoms with E-state index < -0.39 is 0 Å². The molecule has 6 nitrogen and oxygen atoms in total. The van der Waals surface area contributed by atoms with Crippen LogP contribution >= 0.6 is 0 Å². The minimum Gasteiger partial charge on any atom is -0.484 e. The van der Waals surface area contributed by atoms with Crippen LogP contribution in [0.4, 0.5) is 5.69 Å². The van der Waals surface area contributed by atoms with E-state index in [2.05, 4.69) is 10.6 Å². The number of amides is 2. The zero-order valence-corrected chi connectivity index (χ0v) is 12.5. The Morgan fingerprint density at radius 2 is 2.10 bits per heavy atom. The lowest BCUT2D eigenvalue weighted by Gasteiger charge is -2.11. The van der Waals surface area contributed by atoms with Crippen LogP contribution in [0, 0.1) is 0 Å². The molecule has 0 radical (unpaired) electrons. The molecule has 1 rings (SSSR count). The van der Waals surface area contributed by atoms with Crippen LogP contribution in [0.1, 0.15) is 26.7 Å². The summed E-state index contributed by atoms with van der Waals surface area (Å²) < 4.78 is 5.30. The molecule has 1 unspecified atom stereocenters. The summed E-state index contributed by atoms with van der Waals surface area (Å²) in [7, 11) is 0. The number of hydrogen-bond donors (Lipinski definition) is 3. The predicted molar refractivity (Wildman–Crippen MR) is 81.9 cm³/mol. The van der Waals surface area contributed by atoms with E-state index in [1.54, 1.807) is 24.3 Å². The molecule has 1 aromatic carbocycles. The Kier molecular flexibility index (Phi) is 7.08. The van der Waals surface area contributed by atoms with Gasteiger partial charge in [-0.15, -0.1) is 0 Å². The summed E-state index contributed by atoms with van der Waals surface area (Å²) in [6.07, 6.45) is 1.14. The molecule has 0 heterocycles. The maximum absolute atomic E-state index is 11.6. The Hall–Kier alpha value is -2.24. The number of carbonyl (C=O) groups is 2. The van der Waals surface area contributed by atoms with Gasteiger partial charge in [-0.25, -0.2) is 0 Å². The fourth-order valence-corrected chi connectivity index (χ4v) is 1.57. The summed E-state index contributed by atoms with van der Waals surface area (Å²) in [5.74, 6) is 0.204. The monoisotopic (exact) mass is 293 g/mol. The van der Waals surface area contributed by atoms with Crippen molar-refractivity contribution in [3.63, 3.8) is 0 Å². The summed E-state index contributed by atoms with van der Waals surface area (Å²) in [6, 6.07) is 7.01. The van der Waals surface area contributed by atoms with Crippen LogP contribution in [0.15, 0.2) is 24.3 Å². The van der Waals surface area contributed by atoms with Crippen molar-refractivity contribution in [3.05, 3.63) is 24.3 Å². The Labute approximate surface area is 125 Å². The third kappa shape index (κ3) is 7.20. The standard InChI is InChI=1S/C15H23N3O3/c1-3-11(2)18-14(19)7-8-17-15(20)10-21-13-6-4-5-12(16)9-13/h4-6,9,11H,3,7-8,10,16H2,1-2H3,(H,17,20)(H,18,19). The fourth-order valence-electron chi connectivity index (χ4n) is 1.57. The number of nitrogens with one attached hydrogen (secondary N) is 2. The Bertz CT molecular complexity index is 477. The van der Waals surface area contributed by atoms with Gasteiger partial charge in [0.2, 0.25) is 5.91 Å². The molecule has 0 bridgehead atoms. The van der Waals surface area contributed by atoms with Crippen molar-refractivity contribution < 1.29 is 14.3 Å². The van der Waals surface area contributed by atoms with E-state index in [1.165, 1.54) is 0 Å². The summed E-state index contributed by atoms with van der Waals surface area (Å²) in [5, 5.41) is 5.47. The van der Waals surface area contributed by atoms with Crippen molar-refractivity contribution in [3.8, 4) is 5.75 Å². The number of anilines is 1. The minimum atomic E-state index is -0.270. The number of benzene rings is 1. The van der Waals surface area contributed by atoms with Crippen molar-refractivity contribution in [2.24, 2.45) is 0 Å². The molecular weight excluding hydrogens is 270 g/mol. The molecule has 0 aromatic heterocycles. The molecule has 116 valence electrons. The number of rotatable bonds is 8. The lowest BCUT2D eigenvalue weighted by atomic mass is 10.2.